The van der Waals surface area contributed by atoms with Gasteiger partial charge < -0.3 is 4.90 Å². The number of rotatable bonds is 4. The first kappa shape index (κ1) is 16.1. The van der Waals surface area contributed by atoms with Gasteiger partial charge >= 0.3 is 5.69 Å². The molecule has 1 aromatic carbocycles. The van der Waals surface area contributed by atoms with Crippen molar-refractivity contribution in [3.8, 4) is 0 Å². The largest absolute Gasteiger partial charge is 0.335 e. The average molecular weight is 344 g/mol. The summed E-state index contributed by atoms with van der Waals surface area (Å²) in [6, 6.07) is 8.80. The molecule has 0 aliphatic rings. The van der Waals surface area contributed by atoms with Gasteiger partial charge in [0.2, 0.25) is 5.91 Å². The lowest BCUT2D eigenvalue weighted by Crippen LogP contribution is -2.37. The molecule has 24 heavy (non-hydrogen) atoms. The molecular weight excluding hydrogens is 328 g/mol. The first-order chi connectivity index (χ1) is 11.5. The van der Waals surface area contributed by atoms with E-state index >= 15 is 0 Å². The molecule has 0 saturated heterocycles. The van der Waals surface area contributed by atoms with Crippen molar-refractivity contribution in [1.29, 1.82) is 0 Å². The zero-order chi connectivity index (χ0) is 17.3. The molecule has 2 aromatic heterocycles. The number of H-pyrrole nitrogens is 1. The van der Waals surface area contributed by atoms with Crippen LogP contribution in [-0.2, 0) is 11.3 Å². The van der Waals surface area contributed by atoms with Gasteiger partial charge in [-0.25, -0.2) is 9.78 Å². The van der Waals surface area contributed by atoms with Gasteiger partial charge in [-0.05, 0) is 19.1 Å². The molecule has 1 N–H and O–H groups in total. The lowest BCUT2D eigenvalue weighted by Gasteiger charge is -2.23. The Morgan fingerprint density at radius 1 is 1.33 bits per heavy atom. The maximum Gasteiger partial charge on any atom is 0.328 e. The Hall–Kier alpha value is -2.74. The summed E-state index contributed by atoms with van der Waals surface area (Å²) in [4.78, 5) is 43.4. The molecule has 2 heterocycles. The molecule has 3 rings (SSSR count). The van der Waals surface area contributed by atoms with Crippen molar-refractivity contribution in [1.82, 2.24) is 19.4 Å². The zero-order valence-electron chi connectivity index (χ0n) is 13.2. The number of amides is 1. The molecule has 1 amide bonds. The number of likely N-dealkylation sites (N-methyl/N-ethyl adjacent to an activating group) is 1. The Balaban J connectivity index is 1.79. The standard InChI is InChI=1S/C16H16N4O3S/c1-10(15-17-11-5-3-4-6-12(11)24-15)19(2)14(22)9-20-8-7-13(21)18-16(20)23/h3-8,10H,9H2,1-2H3,(H,18,21,23)/t10-/m0/s1. The molecule has 0 fully saturated rings. The van der Waals surface area contributed by atoms with E-state index < -0.39 is 11.2 Å². The van der Waals surface area contributed by atoms with Crippen LogP contribution in [0.15, 0.2) is 46.1 Å². The van der Waals surface area contributed by atoms with Crippen LogP contribution in [0.25, 0.3) is 10.2 Å². The number of thiazole rings is 1. The van der Waals surface area contributed by atoms with Gasteiger partial charge in [0, 0.05) is 19.3 Å². The van der Waals surface area contributed by atoms with Gasteiger partial charge in [0.1, 0.15) is 11.6 Å². The van der Waals surface area contributed by atoms with Crippen LogP contribution < -0.4 is 11.2 Å². The maximum absolute atomic E-state index is 12.4. The number of fused-ring (bicyclic) bond motifs is 1. The molecule has 1 atom stereocenters. The molecular formula is C16H16N4O3S. The minimum Gasteiger partial charge on any atom is -0.335 e. The van der Waals surface area contributed by atoms with Crippen LogP contribution in [-0.4, -0.2) is 32.4 Å². The predicted octanol–water partition coefficient (Wildman–Crippen LogP) is 1.37. The SMILES string of the molecule is C[C@@H](c1nc2ccccc2s1)N(C)C(=O)Cn1ccc(=O)[nH]c1=O. The second kappa shape index (κ2) is 6.40. The topological polar surface area (TPSA) is 88.1 Å². The van der Waals surface area contributed by atoms with E-state index in [1.54, 1.807) is 23.3 Å². The first-order valence-corrected chi connectivity index (χ1v) is 8.18. The van der Waals surface area contributed by atoms with Crippen LogP contribution in [0.1, 0.15) is 18.0 Å². The van der Waals surface area contributed by atoms with Crippen molar-refractivity contribution in [3.05, 3.63) is 62.4 Å². The van der Waals surface area contributed by atoms with Gasteiger partial charge in [-0.2, -0.15) is 0 Å². The van der Waals surface area contributed by atoms with E-state index in [0.29, 0.717) is 0 Å². The fourth-order valence-electron chi connectivity index (χ4n) is 2.28. The zero-order valence-corrected chi connectivity index (χ0v) is 14.0. The summed E-state index contributed by atoms with van der Waals surface area (Å²) in [5, 5.41) is 0.834. The molecule has 0 saturated carbocycles. The molecule has 124 valence electrons. The van der Waals surface area contributed by atoms with Crippen molar-refractivity contribution >= 4 is 27.5 Å². The molecule has 7 nitrogen and oxygen atoms in total. The van der Waals surface area contributed by atoms with Crippen LogP contribution in [0.4, 0.5) is 0 Å². The molecule has 0 unspecified atom stereocenters. The quantitative estimate of drug-likeness (QED) is 0.774. The van der Waals surface area contributed by atoms with Gasteiger partial charge in [-0.3, -0.25) is 19.1 Å². The molecule has 0 spiro atoms. The summed E-state index contributed by atoms with van der Waals surface area (Å²) in [5.41, 5.74) is -0.182. The monoisotopic (exact) mass is 344 g/mol. The van der Waals surface area contributed by atoms with E-state index in [-0.39, 0.29) is 18.5 Å². The second-order valence-electron chi connectivity index (χ2n) is 5.44. The average Bonchev–Trinajstić information content (AvgIpc) is 3.00. The number of hydrogen-bond donors (Lipinski definition) is 1. The number of nitrogens with zero attached hydrogens (tertiary/aromatic N) is 3. The Bertz CT molecular complexity index is 971. The fourth-order valence-corrected chi connectivity index (χ4v) is 3.34. The lowest BCUT2D eigenvalue weighted by atomic mass is 10.3. The van der Waals surface area contributed by atoms with Crippen molar-refractivity contribution in [3.63, 3.8) is 0 Å². The second-order valence-corrected chi connectivity index (χ2v) is 6.50. The summed E-state index contributed by atoms with van der Waals surface area (Å²) < 4.78 is 2.24. The number of aromatic nitrogens is 3. The summed E-state index contributed by atoms with van der Waals surface area (Å²) in [5.74, 6) is -0.240. The van der Waals surface area contributed by atoms with Gasteiger partial charge in [0.05, 0.1) is 16.3 Å². The fraction of sp³-hybridized carbons (Fsp3) is 0.250. The summed E-state index contributed by atoms with van der Waals surface area (Å²) in [7, 11) is 1.68. The number of carbonyl (C=O) groups is 1. The smallest absolute Gasteiger partial charge is 0.328 e. The van der Waals surface area contributed by atoms with E-state index in [1.165, 1.54) is 16.8 Å². The van der Waals surface area contributed by atoms with E-state index in [2.05, 4.69) is 9.97 Å². The summed E-state index contributed by atoms with van der Waals surface area (Å²) >= 11 is 1.54. The summed E-state index contributed by atoms with van der Waals surface area (Å²) in [6.45, 7) is 1.76. The number of hydrogen-bond acceptors (Lipinski definition) is 5. The lowest BCUT2D eigenvalue weighted by molar-refractivity contribution is -0.132. The Kier molecular flexibility index (Phi) is 4.30. The van der Waals surface area contributed by atoms with Crippen LogP contribution in [0.2, 0.25) is 0 Å². The Labute approximate surface area is 141 Å². The highest BCUT2D eigenvalue weighted by atomic mass is 32.1. The number of para-hydroxylation sites is 1. The number of carbonyl (C=O) groups excluding carboxylic acids is 1. The van der Waals surface area contributed by atoms with E-state index in [9.17, 15) is 14.4 Å². The number of aromatic amines is 1. The number of nitrogens with one attached hydrogen (secondary N) is 1. The molecule has 0 aliphatic carbocycles. The van der Waals surface area contributed by atoms with E-state index in [4.69, 9.17) is 0 Å². The minimum atomic E-state index is -0.600. The van der Waals surface area contributed by atoms with Crippen LogP contribution in [0, 0.1) is 0 Å². The van der Waals surface area contributed by atoms with E-state index in [0.717, 1.165) is 15.2 Å². The summed E-state index contributed by atoms with van der Waals surface area (Å²) in [6.07, 6.45) is 1.31. The van der Waals surface area contributed by atoms with E-state index in [1.807, 2.05) is 31.2 Å². The third kappa shape index (κ3) is 3.13. The van der Waals surface area contributed by atoms with Crippen molar-refractivity contribution in [2.24, 2.45) is 0 Å². The first-order valence-electron chi connectivity index (χ1n) is 7.36. The van der Waals surface area contributed by atoms with Crippen molar-refractivity contribution in [2.75, 3.05) is 7.05 Å². The van der Waals surface area contributed by atoms with Crippen molar-refractivity contribution in [2.45, 2.75) is 19.5 Å². The number of benzene rings is 1. The minimum absolute atomic E-state index is 0.138. The van der Waals surface area contributed by atoms with Gasteiger partial charge in [0.25, 0.3) is 5.56 Å². The molecule has 8 heteroatoms. The molecule has 3 aromatic rings. The third-order valence-electron chi connectivity index (χ3n) is 3.84. The normalized spacial score (nSPS) is 12.2. The highest BCUT2D eigenvalue weighted by Crippen LogP contribution is 2.28. The van der Waals surface area contributed by atoms with Gasteiger partial charge in [0.15, 0.2) is 0 Å². The highest BCUT2D eigenvalue weighted by molar-refractivity contribution is 7.18. The van der Waals surface area contributed by atoms with Crippen LogP contribution in [0.3, 0.4) is 0 Å². The van der Waals surface area contributed by atoms with Gasteiger partial charge in [-0.15, -0.1) is 11.3 Å². The van der Waals surface area contributed by atoms with Crippen LogP contribution >= 0.6 is 11.3 Å². The predicted molar refractivity (Wildman–Crippen MR) is 92.1 cm³/mol. The van der Waals surface area contributed by atoms with Gasteiger partial charge in [-0.1, -0.05) is 12.1 Å². The Morgan fingerprint density at radius 2 is 2.08 bits per heavy atom. The van der Waals surface area contributed by atoms with Crippen molar-refractivity contribution < 1.29 is 4.79 Å². The highest BCUT2D eigenvalue weighted by Gasteiger charge is 2.21. The Morgan fingerprint density at radius 3 is 2.79 bits per heavy atom. The maximum atomic E-state index is 12.4. The third-order valence-corrected chi connectivity index (χ3v) is 5.05. The molecule has 0 bridgehead atoms. The molecule has 0 aliphatic heterocycles. The molecule has 0 radical (unpaired) electrons. The van der Waals surface area contributed by atoms with Crippen LogP contribution in [0.5, 0.6) is 0 Å².